The summed E-state index contributed by atoms with van der Waals surface area (Å²) in [6.45, 7) is 1.89. The smallest absolute Gasteiger partial charge is 0.403 e. The minimum atomic E-state index is -4.85. The lowest BCUT2D eigenvalue weighted by Gasteiger charge is -2.43. The third-order valence-corrected chi connectivity index (χ3v) is 6.21. The van der Waals surface area contributed by atoms with E-state index in [0.29, 0.717) is 5.56 Å². The van der Waals surface area contributed by atoms with Crippen LogP contribution in [0.5, 0.6) is 0 Å². The van der Waals surface area contributed by atoms with Crippen LogP contribution in [0.15, 0.2) is 18.5 Å². The molecule has 0 radical (unpaired) electrons. The second-order valence-electron chi connectivity index (χ2n) is 6.81. The Balaban J connectivity index is 0.000000438. The zero-order valence-electron chi connectivity index (χ0n) is 16.3. The number of likely N-dealkylation sites (tertiary alicyclic amines) is 1. The van der Waals surface area contributed by atoms with Crippen LogP contribution in [0.3, 0.4) is 0 Å². The highest BCUT2D eigenvalue weighted by Gasteiger charge is 2.49. The lowest BCUT2D eigenvalue weighted by molar-refractivity contribution is -0.190. The Labute approximate surface area is 171 Å². The first-order chi connectivity index (χ1) is 13.5. The molecule has 29 heavy (non-hydrogen) atoms. The number of alkyl halides is 3. The Bertz CT molecular complexity index is 769. The van der Waals surface area contributed by atoms with E-state index in [2.05, 4.69) is 0 Å². The van der Waals surface area contributed by atoms with Crippen LogP contribution < -0.4 is 11.6 Å². The quantitative estimate of drug-likeness (QED) is 0.546. The summed E-state index contributed by atoms with van der Waals surface area (Å²) in [5, 5.41) is 1.38. The van der Waals surface area contributed by atoms with Crippen LogP contribution in [0, 0.1) is 0 Å². The summed E-state index contributed by atoms with van der Waals surface area (Å²) in [7, 11) is 1.70. The van der Waals surface area contributed by atoms with E-state index in [9.17, 15) is 22.8 Å². The molecule has 3 heterocycles. The minimum Gasteiger partial charge on any atom is -0.403 e. The summed E-state index contributed by atoms with van der Waals surface area (Å²) in [5.41, 5.74) is 4.83. The number of thiophene rings is 1. The zero-order chi connectivity index (χ0) is 21.8. The number of halogens is 3. The topological polar surface area (TPSA) is 102 Å². The largest absolute Gasteiger partial charge is 0.471 e. The first-order valence-corrected chi connectivity index (χ1v) is 9.88. The minimum absolute atomic E-state index is 0.0225. The Kier molecular flexibility index (Phi) is 7.30. The summed E-state index contributed by atoms with van der Waals surface area (Å²) in [5.74, 6) is 3.18. The highest BCUT2D eigenvalue weighted by Crippen LogP contribution is 2.45. The van der Waals surface area contributed by atoms with E-state index in [1.54, 1.807) is 13.2 Å². The van der Waals surface area contributed by atoms with Crippen molar-refractivity contribution in [2.75, 3.05) is 26.7 Å². The van der Waals surface area contributed by atoms with Gasteiger partial charge in [0.1, 0.15) is 12.2 Å². The van der Waals surface area contributed by atoms with Crippen LogP contribution in [0.4, 0.5) is 13.2 Å². The number of Topliss-reactive ketones (excluding diaryl/α,β-unsaturated/α-hetero) is 1. The van der Waals surface area contributed by atoms with E-state index in [4.69, 9.17) is 16.3 Å². The number of amides is 1. The molecule has 0 saturated carbocycles. The summed E-state index contributed by atoms with van der Waals surface area (Å²) < 4.78 is 43.4. The lowest BCUT2D eigenvalue weighted by atomic mass is 9.85. The van der Waals surface area contributed by atoms with Crippen molar-refractivity contribution in [1.29, 1.82) is 0 Å². The SMILES string of the molecule is CCc1cc2c(s1)C1(CCN(C(=O)C(F)(F)F)CC1)OCC2=O.CN(N)/C=C\N. The molecular weight excluding hydrogens is 409 g/mol. The van der Waals surface area contributed by atoms with Crippen molar-refractivity contribution >= 4 is 23.0 Å². The van der Waals surface area contributed by atoms with Gasteiger partial charge in [0.25, 0.3) is 0 Å². The number of nitrogens with two attached hydrogens (primary N) is 2. The summed E-state index contributed by atoms with van der Waals surface area (Å²) in [4.78, 5) is 26.0. The van der Waals surface area contributed by atoms with Gasteiger partial charge in [-0.1, -0.05) is 6.92 Å². The molecule has 2 aliphatic heterocycles. The first-order valence-electron chi connectivity index (χ1n) is 9.06. The van der Waals surface area contributed by atoms with Gasteiger partial charge in [0.05, 0.1) is 0 Å². The number of rotatable bonds is 2. The molecule has 1 spiro atoms. The van der Waals surface area contributed by atoms with Crippen LogP contribution in [0.25, 0.3) is 0 Å². The molecule has 0 bridgehead atoms. The van der Waals surface area contributed by atoms with E-state index in [0.717, 1.165) is 21.1 Å². The molecule has 4 N–H and O–H groups in total. The molecule has 0 aromatic carbocycles. The van der Waals surface area contributed by atoms with Gasteiger partial charge in [0.15, 0.2) is 5.78 Å². The number of fused-ring (bicyclic) bond motifs is 2. The number of carbonyl (C=O) groups excluding carboxylic acids is 2. The standard InChI is InChI=1S/C15H16F3NO3S.C3H9N3/c1-2-9-7-10-11(20)8-22-14(12(10)23-9)3-5-19(6-4-14)13(21)15(16,17)18;1-6(5)3-2-4/h7H,2-6,8H2,1H3;2-3H,4-5H2,1H3/b;3-2-. The average Bonchev–Trinajstić information content (AvgIpc) is 3.11. The van der Waals surface area contributed by atoms with Crippen LogP contribution >= 0.6 is 11.3 Å². The molecular formula is C18H25F3N4O3S. The molecule has 162 valence electrons. The number of ketones is 1. The second kappa shape index (κ2) is 9.14. The molecule has 1 aromatic heterocycles. The van der Waals surface area contributed by atoms with Gasteiger partial charge in [0, 0.05) is 47.9 Å². The van der Waals surface area contributed by atoms with Crippen molar-refractivity contribution in [3.63, 3.8) is 0 Å². The fourth-order valence-corrected chi connectivity index (χ4v) is 4.58. The third-order valence-electron chi connectivity index (χ3n) is 4.75. The summed E-state index contributed by atoms with van der Waals surface area (Å²) in [6, 6.07) is 1.86. The van der Waals surface area contributed by atoms with E-state index >= 15 is 0 Å². The van der Waals surface area contributed by atoms with Gasteiger partial charge < -0.3 is 20.4 Å². The zero-order valence-corrected chi connectivity index (χ0v) is 17.1. The van der Waals surface area contributed by atoms with E-state index in [1.807, 2.05) is 13.0 Å². The van der Waals surface area contributed by atoms with E-state index in [1.165, 1.54) is 22.5 Å². The lowest BCUT2D eigenvalue weighted by Crippen LogP contribution is -2.51. The molecule has 0 unspecified atom stereocenters. The number of ether oxygens (including phenoxy) is 1. The molecule has 1 amide bonds. The first kappa shape index (κ1) is 23.2. The molecule has 0 atom stereocenters. The van der Waals surface area contributed by atoms with Gasteiger partial charge in [-0.15, -0.1) is 11.3 Å². The molecule has 11 heteroatoms. The number of piperidine rings is 1. The Morgan fingerprint density at radius 2 is 2.03 bits per heavy atom. The van der Waals surface area contributed by atoms with Crippen LogP contribution in [-0.4, -0.2) is 54.5 Å². The molecule has 1 saturated heterocycles. The van der Waals surface area contributed by atoms with Crippen molar-refractivity contribution in [3.8, 4) is 0 Å². The number of aryl methyl sites for hydroxylation is 1. The van der Waals surface area contributed by atoms with E-state index in [-0.39, 0.29) is 38.3 Å². The Morgan fingerprint density at radius 1 is 1.41 bits per heavy atom. The van der Waals surface area contributed by atoms with Gasteiger partial charge in [-0.2, -0.15) is 13.2 Å². The molecule has 2 aliphatic rings. The number of nitrogens with zero attached hydrogens (tertiary/aromatic N) is 2. The van der Waals surface area contributed by atoms with Crippen molar-refractivity contribution in [2.45, 2.75) is 38.0 Å². The predicted octanol–water partition coefficient (Wildman–Crippen LogP) is 2.13. The van der Waals surface area contributed by atoms with E-state index < -0.39 is 17.7 Å². The monoisotopic (exact) mass is 434 g/mol. The molecule has 7 nitrogen and oxygen atoms in total. The fraction of sp³-hybridized carbons (Fsp3) is 0.556. The highest BCUT2D eigenvalue weighted by atomic mass is 32.1. The van der Waals surface area contributed by atoms with Crippen LogP contribution in [0.1, 0.15) is 39.9 Å². The number of hydrogen-bond donors (Lipinski definition) is 2. The van der Waals surface area contributed by atoms with Gasteiger partial charge in [-0.3, -0.25) is 9.59 Å². The third kappa shape index (κ3) is 5.28. The number of hydrogen-bond acceptors (Lipinski definition) is 7. The number of hydrazine groups is 1. The van der Waals surface area contributed by atoms with Gasteiger partial charge in [0.2, 0.25) is 0 Å². The number of carbonyl (C=O) groups is 2. The predicted molar refractivity (Wildman–Crippen MR) is 103 cm³/mol. The average molecular weight is 434 g/mol. The molecule has 1 fully saturated rings. The highest BCUT2D eigenvalue weighted by molar-refractivity contribution is 7.12. The maximum Gasteiger partial charge on any atom is 0.471 e. The second-order valence-corrected chi connectivity index (χ2v) is 7.95. The van der Waals surface area contributed by atoms with Crippen molar-refractivity contribution in [2.24, 2.45) is 11.6 Å². The molecule has 3 rings (SSSR count). The Hall–Kier alpha value is -2.11. The summed E-state index contributed by atoms with van der Waals surface area (Å²) >= 11 is 1.49. The Morgan fingerprint density at radius 3 is 2.48 bits per heavy atom. The fourth-order valence-electron chi connectivity index (χ4n) is 3.27. The summed E-state index contributed by atoms with van der Waals surface area (Å²) in [6.07, 6.45) is -0.575. The maximum absolute atomic E-state index is 12.5. The normalized spacial score (nSPS) is 18.4. The molecule has 1 aromatic rings. The van der Waals surface area contributed by atoms with Gasteiger partial charge in [-0.05, 0) is 25.3 Å². The maximum atomic E-state index is 12.5. The van der Waals surface area contributed by atoms with Gasteiger partial charge in [-0.25, -0.2) is 5.84 Å². The van der Waals surface area contributed by atoms with Crippen molar-refractivity contribution < 1.29 is 27.5 Å². The molecule has 0 aliphatic carbocycles. The van der Waals surface area contributed by atoms with Crippen molar-refractivity contribution in [1.82, 2.24) is 9.91 Å². The van der Waals surface area contributed by atoms with Crippen LogP contribution in [-0.2, 0) is 21.6 Å². The van der Waals surface area contributed by atoms with Gasteiger partial charge >= 0.3 is 12.1 Å². The van der Waals surface area contributed by atoms with Crippen molar-refractivity contribution in [3.05, 3.63) is 33.8 Å². The van der Waals surface area contributed by atoms with Crippen LogP contribution in [0.2, 0.25) is 0 Å².